The molecule has 0 aliphatic carbocycles. The van der Waals surface area contributed by atoms with E-state index in [9.17, 15) is 0 Å². The zero-order valence-corrected chi connectivity index (χ0v) is 7.71. The molecule has 1 rings (SSSR count). The maximum Gasteiger partial charge on any atom is 0.122 e. The lowest BCUT2D eigenvalue weighted by Gasteiger charge is -2.07. The fraction of sp³-hybridized carbons (Fsp3) is 0.364. The van der Waals surface area contributed by atoms with Crippen molar-refractivity contribution in [3.05, 3.63) is 36.2 Å². The van der Waals surface area contributed by atoms with Crippen molar-refractivity contribution in [2.24, 2.45) is 0 Å². The van der Waals surface area contributed by atoms with Gasteiger partial charge in [0.2, 0.25) is 0 Å². The van der Waals surface area contributed by atoms with E-state index in [-0.39, 0.29) is 0 Å². The van der Waals surface area contributed by atoms with Crippen LogP contribution in [-0.2, 0) is 0 Å². The molecule has 0 aromatic heterocycles. The Morgan fingerprint density at radius 3 is 2.67 bits per heavy atom. The molecule has 65 valence electrons. The van der Waals surface area contributed by atoms with Crippen LogP contribution >= 0.6 is 0 Å². The molecule has 1 aromatic rings. The molecule has 0 heterocycles. The largest absolute Gasteiger partial charge is 0.494 e. The van der Waals surface area contributed by atoms with Crippen molar-refractivity contribution in [3.8, 4) is 5.75 Å². The molecular weight excluding hydrogens is 148 g/mol. The van der Waals surface area contributed by atoms with Gasteiger partial charge in [-0.2, -0.15) is 0 Å². The standard InChI is InChI=1S/C11H15O/c1-3-7-10-8-5-6-9-11(10)12-4-2/h5-9H,3-4H2,1-2H3. The Balaban J connectivity index is 2.77. The summed E-state index contributed by atoms with van der Waals surface area (Å²) in [6.45, 7) is 4.86. The number of benzene rings is 1. The molecule has 1 radical (unpaired) electrons. The molecule has 0 aliphatic heterocycles. The Bertz CT molecular complexity index is 205. The monoisotopic (exact) mass is 163 g/mol. The van der Waals surface area contributed by atoms with Crippen LogP contribution in [0.5, 0.6) is 5.75 Å². The molecule has 0 N–H and O–H groups in total. The quantitative estimate of drug-likeness (QED) is 0.663. The average Bonchev–Trinajstić information content (AvgIpc) is 2.09. The van der Waals surface area contributed by atoms with E-state index in [1.165, 1.54) is 5.56 Å². The molecule has 0 bridgehead atoms. The molecule has 0 saturated carbocycles. The number of para-hydroxylation sites is 1. The van der Waals surface area contributed by atoms with Crippen LogP contribution in [0.15, 0.2) is 24.3 Å². The second-order valence-electron chi connectivity index (χ2n) is 2.58. The van der Waals surface area contributed by atoms with E-state index in [0.29, 0.717) is 0 Å². The molecular formula is C11H15O. The predicted octanol–water partition coefficient (Wildman–Crippen LogP) is 3.05. The van der Waals surface area contributed by atoms with E-state index in [0.717, 1.165) is 18.8 Å². The molecule has 0 spiro atoms. The van der Waals surface area contributed by atoms with Crippen molar-refractivity contribution in [1.82, 2.24) is 0 Å². The molecule has 0 atom stereocenters. The average molecular weight is 163 g/mol. The summed E-state index contributed by atoms with van der Waals surface area (Å²) in [6, 6.07) is 8.11. The Morgan fingerprint density at radius 2 is 2.00 bits per heavy atom. The van der Waals surface area contributed by atoms with Crippen LogP contribution in [-0.4, -0.2) is 6.61 Å². The Kier molecular flexibility index (Phi) is 3.65. The molecule has 1 aromatic carbocycles. The molecule has 12 heavy (non-hydrogen) atoms. The fourth-order valence-electron chi connectivity index (χ4n) is 1.16. The summed E-state index contributed by atoms with van der Waals surface area (Å²) in [5, 5.41) is 0. The van der Waals surface area contributed by atoms with Gasteiger partial charge in [-0.15, -0.1) is 0 Å². The minimum Gasteiger partial charge on any atom is -0.494 e. The first-order valence-corrected chi connectivity index (χ1v) is 4.43. The summed E-state index contributed by atoms with van der Waals surface area (Å²) in [6.07, 6.45) is 3.22. The highest BCUT2D eigenvalue weighted by molar-refractivity contribution is 5.38. The number of hydrogen-bond donors (Lipinski definition) is 0. The van der Waals surface area contributed by atoms with Gasteiger partial charge in [0.05, 0.1) is 6.61 Å². The van der Waals surface area contributed by atoms with Crippen molar-refractivity contribution >= 4 is 0 Å². The Morgan fingerprint density at radius 1 is 1.25 bits per heavy atom. The third-order valence-electron chi connectivity index (χ3n) is 1.64. The van der Waals surface area contributed by atoms with Crippen LogP contribution in [0, 0.1) is 6.42 Å². The van der Waals surface area contributed by atoms with Gasteiger partial charge in [0.1, 0.15) is 5.75 Å². The van der Waals surface area contributed by atoms with Gasteiger partial charge in [0.25, 0.3) is 0 Å². The number of ether oxygens (including phenoxy) is 1. The second kappa shape index (κ2) is 4.81. The highest BCUT2D eigenvalue weighted by Gasteiger charge is 1.99. The van der Waals surface area contributed by atoms with Crippen molar-refractivity contribution < 1.29 is 4.74 Å². The third kappa shape index (κ3) is 2.26. The SMILES string of the molecule is CC[CH]c1ccccc1OCC. The summed E-state index contributed by atoms with van der Waals surface area (Å²) in [7, 11) is 0. The zero-order chi connectivity index (χ0) is 8.81. The maximum atomic E-state index is 5.46. The summed E-state index contributed by atoms with van der Waals surface area (Å²) < 4.78 is 5.46. The third-order valence-corrected chi connectivity index (χ3v) is 1.64. The first-order chi connectivity index (χ1) is 5.88. The van der Waals surface area contributed by atoms with E-state index >= 15 is 0 Å². The summed E-state index contributed by atoms with van der Waals surface area (Å²) in [5.74, 6) is 0.988. The molecule has 0 saturated heterocycles. The topological polar surface area (TPSA) is 9.23 Å². The van der Waals surface area contributed by atoms with Gasteiger partial charge in [0, 0.05) is 0 Å². The lowest BCUT2D eigenvalue weighted by atomic mass is 10.1. The minimum atomic E-state index is 0.731. The van der Waals surface area contributed by atoms with Gasteiger partial charge >= 0.3 is 0 Å². The highest BCUT2D eigenvalue weighted by Crippen LogP contribution is 2.20. The smallest absolute Gasteiger partial charge is 0.122 e. The van der Waals surface area contributed by atoms with Crippen LogP contribution < -0.4 is 4.74 Å². The van der Waals surface area contributed by atoms with E-state index in [1.54, 1.807) is 0 Å². The lowest BCUT2D eigenvalue weighted by molar-refractivity contribution is 0.338. The Hall–Kier alpha value is -0.980. The minimum absolute atomic E-state index is 0.731. The van der Waals surface area contributed by atoms with E-state index in [2.05, 4.69) is 19.4 Å². The van der Waals surface area contributed by atoms with Gasteiger partial charge in [0.15, 0.2) is 0 Å². The summed E-state index contributed by atoms with van der Waals surface area (Å²) in [5.41, 5.74) is 1.20. The van der Waals surface area contributed by atoms with Crippen molar-refractivity contribution in [1.29, 1.82) is 0 Å². The van der Waals surface area contributed by atoms with Crippen molar-refractivity contribution in [2.45, 2.75) is 20.3 Å². The van der Waals surface area contributed by atoms with E-state index in [4.69, 9.17) is 4.74 Å². The molecule has 1 nitrogen and oxygen atoms in total. The molecule has 0 aliphatic rings. The summed E-state index contributed by atoms with van der Waals surface area (Å²) in [4.78, 5) is 0. The van der Waals surface area contributed by atoms with Crippen LogP contribution in [0.4, 0.5) is 0 Å². The van der Waals surface area contributed by atoms with Gasteiger partial charge in [-0.3, -0.25) is 0 Å². The number of rotatable bonds is 4. The second-order valence-corrected chi connectivity index (χ2v) is 2.58. The van der Waals surface area contributed by atoms with Gasteiger partial charge in [-0.25, -0.2) is 0 Å². The van der Waals surface area contributed by atoms with Crippen LogP contribution in [0.1, 0.15) is 25.8 Å². The molecule has 0 fully saturated rings. The van der Waals surface area contributed by atoms with E-state index < -0.39 is 0 Å². The van der Waals surface area contributed by atoms with Crippen molar-refractivity contribution in [2.75, 3.05) is 6.61 Å². The predicted molar refractivity (Wildman–Crippen MR) is 51.3 cm³/mol. The van der Waals surface area contributed by atoms with Gasteiger partial charge in [-0.05, 0) is 31.4 Å². The number of hydrogen-bond acceptors (Lipinski definition) is 1. The molecule has 0 amide bonds. The van der Waals surface area contributed by atoms with Crippen LogP contribution in [0.2, 0.25) is 0 Å². The highest BCUT2D eigenvalue weighted by atomic mass is 16.5. The molecule has 1 heteroatoms. The van der Waals surface area contributed by atoms with Gasteiger partial charge < -0.3 is 4.74 Å². The lowest BCUT2D eigenvalue weighted by Crippen LogP contribution is -1.94. The van der Waals surface area contributed by atoms with Crippen molar-refractivity contribution in [3.63, 3.8) is 0 Å². The normalized spacial score (nSPS) is 9.83. The maximum absolute atomic E-state index is 5.46. The first-order valence-electron chi connectivity index (χ1n) is 4.43. The van der Waals surface area contributed by atoms with Crippen LogP contribution in [0.3, 0.4) is 0 Å². The van der Waals surface area contributed by atoms with Crippen LogP contribution in [0.25, 0.3) is 0 Å². The summed E-state index contributed by atoms with van der Waals surface area (Å²) >= 11 is 0. The zero-order valence-electron chi connectivity index (χ0n) is 7.71. The van der Waals surface area contributed by atoms with E-state index in [1.807, 2.05) is 25.1 Å². The fourth-order valence-corrected chi connectivity index (χ4v) is 1.16. The molecule has 0 unspecified atom stereocenters. The Labute approximate surface area is 74.4 Å². The first kappa shape index (κ1) is 9.11. The van der Waals surface area contributed by atoms with Gasteiger partial charge in [-0.1, -0.05) is 25.1 Å².